The van der Waals surface area contributed by atoms with Crippen LogP contribution in [0.3, 0.4) is 0 Å². The number of allylic oxidation sites excluding steroid dienone is 8. The number of unbranched alkanes of at least 4 members (excludes halogenated alkanes) is 13. The number of carboxylic acids is 1. The molecule has 0 aliphatic heterocycles. The van der Waals surface area contributed by atoms with E-state index in [1.54, 1.807) is 0 Å². The fraction of sp³-hybridized carbons (Fsp3) is 0.744. The van der Waals surface area contributed by atoms with Crippen molar-refractivity contribution < 1.29 is 38.2 Å². The van der Waals surface area contributed by atoms with Crippen LogP contribution in [0.25, 0.3) is 0 Å². The van der Waals surface area contributed by atoms with Gasteiger partial charge >= 0.3 is 17.9 Å². The molecule has 0 heterocycles. The number of quaternary nitrogens is 1. The molecule has 2 unspecified atom stereocenters. The minimum absolute atomic E-state index is 0.0533. The maximum absolute atomic E-state index is 12.7. The van der Waals surface area contributed by atoms with Gasteiger partial charge in [0, 0.05) is 19.3 Å². The van der Waals surface area contributed by atoms with Crippen LogP contribution in [-0.2, 0) is 28.6 Å². The Hall–Kier alpha value is -2.71. The predicted octanol–water partition coefficient (Wildman–Crippen LogP) is 10.5. The van der Waals surface area contributed by atoms with Crippen molar-refractivity contribution in [1.29, 1.82) is 0 Å². The van der Waals surface area contributed by atoms with Crippen LogP contribution in [-0.4, -0.2) is 80.6 Å². The number of ether oxygens (including phenoxy) is 3. The Kier molecular flexibility index (Phi) is 32.6. The molecule has 0 aromatic carbocycles. The first-order chi connectivity index (χ1) is 24.6. The van der Waals surface area contributed by atoms with Crippen LogP contribution in [0.1, 0.15) is 155 Å². The summed E-state index contributed by atoms with van der Waals surface area (Å²) >= 11 is 0. The summed E-state index contributed by atoms with van der Waals surface area (Å²) in [6.07, 6.45) is 38.7. The highest BCUT2D eigenvalue weighted by Crippen LogP contribution is 2.13. The van der Waals surface area contributed by atoms with Gasteiger partial charge in [0.2, 0.25) is 0 Å². The van der Waals surface area contributed by atoms with E-state index in [0.29, 0.717) is 19.3 Å². The zero-order valence-electron chi connectivity index (χ0n) is 33.3. The van der Waals surface area contributed by atoms with E-state index < -0.39 is 18.1 Å². The van der Waals surface area contributed by atoms with E-state index >= 15 is 0 Å². The molecule has 0 radical (unpaired) electrons. The van der Waals surface area contributed by atoms with Gasteiger partial charge in [0.25, 0.3) is 0 Å². The molecule has 0 aromatic heterocycles. The molecule has 0 amide bonds. The van der Waals surface area contributed by atoms with Gasteiger partial charge in [-0.15, -0.1) is 0 Å². The average Bonchev–Trinajstić information content (AvgIpc) is 3.08. The van der Waals surface area contributed by atoms with Crippen molar-refractivity contribution in [2.24, 2.45) is 0 Å². The Morgan fingerprint density at radius 1 is 0.608 bits per heavy atom. The maximum Gasteiger partial charge on any atom is 0.362 e. The predicted molar refractivity (Wildman–Crippen MR) is 211 cm³/mol. The summed E-state index contributed by atoms with van der Waals surface area (Å²) < 4.78 is 17.2. The van der Waals surface area contributed by atoms with E-state index in [9.17, 15) is 19.5 Å². The number of nitrogens with zero attached hydrogens (tertiary/aromatic N) is 1. The number of carbonyl (C=O) groups excluding carboxylic acids is 2. The molecule has 0 fully saturated rings. The number of likely N-dealkylation sites (N-methyl/N-ethyl adjacent to an activating group) is 1. The highest BCUT2D eigenvalue weighted by Gasteiger charge is 2.31. The Labute approximate surface area is 312 Å². The van der Waals surface area contributed by atoms with Crippen LogP contribution in [0.4, 0.5) is 0 Å². The topological polar surface area (TPSA) is 99.1 Å². The summed E-state index contributed by atoms with van der Waals surface area (Å²) in [5, 5.41) is 9.59. The van der Waals surface area contributed by atoms with Gasteiger partial charge in [-0.3, -0.25) is 9.59 Å². The molecule has 1 N–H and O–H groups in total. The van der Waals surface area contributed by atoms with Crippen LogP contribution in [0, 0.1) is 0 Å². The van der Waals surface area contributed by atoms with Crippen LogP contribution in [0.2, 0.25) is 0 Å². The number of hydrogen-bond donors (Lipinski definition) is 1. The lowest BCUT2D eigenvalue weighted by atomic mass is 10.1. The van der Waals surface area contributed by atoms with E-state index in [-0.39, 0.29) is 36.2 Å². The molecule has 0 saturated carbocycles. The first-order valence-electron chi connectivity index (χ1n) is 20.2. The normalized spacial score (nSPS) is 13.5. The zero-order valence-corrected chi connectivity index (χ0v) is 33.3. The van der Waals surface area contributed by atoms with Crippen LogP contribution in [0.5, 0.6) is 0 Å². The summed E-state index contributed by atoms with van der Waals surface area (Å²) in [5.41, 5.74) is 0. The molecule has 0 rings (SSSR count). The number of hydrogen-bond acceptors (Lipinski definition) is 6. The molecule has 0 spiro atoms. The van der Waals surface area contributed by atoms with Crippen LogP contribution < -0.4 is 0 Å². The molecule has 8 heteroatoms. The molecule has 0 aromatic rings. The van der Waals surface area contributed by atoms with Gasteiger partial charge in [0.05, 0.1) is 34.4 Å². The fourth-order valence-electron chi connectivity index (χ4n) is 5.58. The summed E-state index contributed by atoms with van der Waals surface area (Å²) in [7, 11) is 5.51. The molecule has 0 aliphatic rings. The van der Waals surface area contributed by atoms with Crippen molar-refractivity contribution in [2.45, 2.75) is 167 Å². The van der Waals surface area contributed by atoms with Crippen molar-refractivity contribution in [2.75, 3.05) is 41.0 Å². The van der Waals surface area contributed by atoms with Crippen LogP contribution in [0.15, 0.2) is 48.6 Å². The molecule has 2 atom stereocenters. The zero-order chi connectivity index (χ0) is 37.8. The fourth-order valence-corrected chi connectivity index (χ4v) is 5.58. The molecule has 0 saturated heterocycles. The van der Waals surface area contributed by atoms with E-state index in [0.717, 1.165) is 83.5 Å². The number of rotatable bonds is 35. The van der Waals surface area contributed by atoms with Crippen molar-refractivity contribution in [3.63, 3.8) is 0 Å². The second-order valence-electron chi connectivity index (χ2n) is 14.5. The second kappa shape index (κ2) is 34.4. The smallest absolute Gasteiger partial charge is 0.362 e. The first-order valence-corrected chi connectivity index (χ1v) is 20.2. The highest BCUT2D eigenvalue weighted by atomic mass is 16.6. The molecule has 0 aliphatic carbocycles. The Balaban J connectivity index is 4.39. The van der Waals surface area contributed by atoms with Crippen molar-refractivity contribution in [3.8, 4) is 0 Å². The van der Waals surface area contributed by atoms with Crippen LogP contribution >= 0.6 is 0 Å². The lowest BCUT2D eigenvalue weighted by Crippen LogP contribution is -2.50. The molecule has 8 nitrogen and oxygen atoms in total. The molecule has 51 heavy (non-hydrogen) atoms. The third kappa shape index (κ3) is 32.9. The van der Waals surface area contributed by atoms with Gasteiger partial charge in [-0.05, 0) is 64.2 Å². The van der Waals surface area contributed by atoms with E-state index in [1.807, 2.05) is 21.1 Å². The summed E-state index contributed by atoms with van der Waals surface area (Å²) in [4.78, 5) is 36.8. The quantitative estimate of drug-likeness (QED) is 0.0301. The first kappa shape index (κ1) is 48.3. The molecular formula is C43H76NO7+. The summed E-state index contributed by atoms with van der Waals surface area (Å²) in [5.74, 6) is -1.50. The van der Waals surface area contributed by atoms with Gasteiger partial charge in [-0.2, -0.15) is 0 Å². The third-order valence-corrected chi connectivity index (χ3v) is 8.69. The van der Waals surface area contributed by atoms with Gasteiger partial charge < -0.3 is 23.8 Å². The standard InChI is InChI=1S/C43H75NO7/c1-6-8-10-12-14-16-18-19-20-21-22-23-24-26-28-30-32-34-42(46)51-39(37-49-36-35-40(43(47)48)44(3,4)5)38-50-41(45)33-31-29-27-25-17-15-13-11-9-7-2/h8,10-11,13-14,16,19-20,39-40H,6-7,9,12,15,17-18,21-38H2,1-5H3/p+1/b10-8-,13-11-,16-14-,20-19-. The number of carboxylic acid groups (broad SMARTS) is 1. The maximum atomic E-state index is 12.7. The molecule has 0 bridgehead atoms. The van der Waals surface area contributed by atoms with Gasteiger partial charge in [-0.25, -0.2) is 4.79 Å². The SMILES string of the molecule is CC/C=C\C/C=C\C/C=C\CCCCCCCCCC(=O)OC(COCCC(C(=O)O)[N+](C)(C)C)COC(=O)CCCCCCC/C=C\CCC. The lowest BCUT2D eigenvalue weighted by molar-refractivity contribution is -0.887. The van der Waals surface area contributed by atoms with E-state index in [1.165, 1.54) is 38.5 Å². The van der Waals surface area contributed by atoms with Gasteiger partial charge in [0.15, 0.2) is 12.1 Å². The third-order valence-electron chi connectivity index (χ3n) is 8.69. The average molecular weight is 719 g/mol. The highest BCUT2D eigenvalue weighted by molar-refractivity contribution is 5.72. The number of aliphatic carboxylic acids is 1. The Morgan fingerprint density at radius 2 is 1.10 bits per heavy atom. The summed E-state index contributed by atoms with van der Waals surface area (Å²) in [6, 6.07) is -0.617. The van der Waals surface area contributed by atoms with Crippen molar-refractivity contribution in [3.05, 3.63) is 48.6 Å². The van der Waals surface area contributed by atoms with E-state index in [4.69, 9.17) is 14.2 Å². The van der Waals surface area contributed by atoms with Gasteiger partial charge in [-0.1, -0.05) is 120 Å². The molecule has 294 valence electrons. The second-order valence-corrected chi connectivity index (χ2v) is 14.5. The van der Waals surface area contributed by atoms with Gasteiger partial charge in [0.1, 0.15) is 6.61 Å². The van der Waals surface area contributed by atoms with E-state index in [2.05, 4.69) is 62.5 Å². The van der Waals surface area contributed by atoms with Crippen molar-refractivity contribution in [1.82, 2.24) is 0 Å². The number of carbonyl (C=O) groups is 3. The van der Waals surface area contributed by atoms with Crippen molar-refractivity contribution >= 4 is 17.9 Å². The minimum Gasteiger partial charge on any atom is -0.477 e. The Morgan fingerprint density at radius 3 is 1.65 bits per heavy atom. The lowest BCUT2D eigenvalue weighted by Gasteiger charge is -2.31. The largest absolute Gasteiger partial charge is 0.477 e. The molecular weight excluding hydrogens is 642 g/mol. The minimum atomic E-state index is -0.880. The monoisotopic (exact) mass is 719 g/mol. The Bertz CT molecular complexity index is 979. The number of esters is 2. The summed E-state index contributed by atoms with van der Waals surface area (Å²) in [6.45, 7) is 4.53.